The first-order valence-electron chi connectivity index (χ1n) is 7.23. The Bertz CT molecular complexity index is 798. The van der Waals surface area contributed by atoms with Crippen molar-refractivity contribution in [1.82, 2.24) is 4.90 Å². The molecular weight excluding hydrogens is 374 g/mol. The molecule has 0 aliphatic heterocycles. The van der Waals surface area contributed by atoms with Crippen LogP contribution in [-0.4, -0.2) is 30.6 Å². The number of halogens is 3. The van der Waals surface area contributed by atoms with Gasteiger partial charge in [-0.05, 0) is 25.1 Å². The minimum absolute atomic E-state index is 0.284. The third kappa shape index (κ3) is 4.67. The molecule has 2 aromatic rings. The molecule has 0 saturated carbocycles. The molecule has 0 unspecified atom stereocenters. The third-order valence-electron chi connectivity index (χ3n) is 3.35. The van der Waals surface area contributed by atoms with Crippen molar-refractivity contribution in [2.24, 2.45) is 0 Å². The van der Waals surface area contributed by atoms with Gasteiger partial charge in [0.2, 0.25) is 0 Å². The number of hydrogen-bond acceptors (Lipinski definition) is 4. The number of carbonyl (C=O) groups excluding carboxylic acids is 2. The van der Waals surface area contributed by atoms with Crippen molar-refractivity contribution < 1.29 is 23.1 Å². The quantitative estimate of drug-likeness (QED) is 0.766. The molecule has 0 aliphatic carbocycles. The normalized spacial score (nSPS) is 10.4. The molecule has 2 rings (SSSR count). The first-order chi connectivity index (χ1) is 11.8. The van der Waals surface area contributed by atoms with Crippen molar-refractivity contribution in [3.63, 3.8) is 0 Å². The third-order valence-corrected chi connectivity index (χ3v) is 4.56. The van der Waals surface area contributed by atoms with Gasteiger partial charge < -0.3 is 15.0 Å². The maximum Gasteiger partial charge on any atom is 0.340 e. The van der Waals surface area contributed by atoms with Crippen molar-refractivity contribution in [2.75, 3.05) is 19.0 Å². The largest absolute Gasteiger partial charge is 0.465 e. The number of benzene rings is 1. The summed E-state index contributed by atoms with van der Waals surface area (Å²) in [5, 5.41) is 2.34. The fourth-order valence-corrected chi connectivity index (χ4v) is 3.16. The Balaban J connectivity index is 2.19. The van der Waals surface area contributed by atoms with Crippen molar-refractivity contribution in [2.45, 2.75) is 13.5 Å². The molecule has 1 aromatic carbocycles. The van der Waals surface area contributed by atoms with E-state index in [1.165, 1.54) is 16.2 Å². The van der Waals surface area contributed by atoms with Gasteiger partial charge in [0.1, 0.15) is 11.6 Å². The Hall–Kier alpha value is -2.19. The summed E-state index contributed by atoms with van der Waals surface area (Å²) in [5.41, 5.74) is -0.776. The van der Waals surface area contributed by atoms with Crippen LogP contribution in [0.3, 0.4) is 0 Å². The van der Waals surface area contributed by atoms with Crippen LogP contribution in [0.1, 0.15) is 22.2 Å². The molecule has 0 radical (unpaired) electrons. The number of rotatable bonds is 5. The molecule has 1 aromatic heterocycles. The molecular formula is C16H15ClF2N2O3S. The molecule has 0 saturated heterocycles. The molecule has 2 amide bonds. The zero-order chi connectivity index (χ0) is 18.6. The minimum atomic E-state index is -1.07. The van der Waals surface area contributed by atoms with Crippen LogP contribution < -0.4 is 5.32 Å². The van der Waals surface area contributed by atoms with E-state index < -0.39 is 29.2 Å². The molecule has 0 bridgehead atoms. The fraction of sp³-hybridized carbons (Fsp3) is 0.250. The molecule has 0 spiro atoms. The lowest BCUT2D eigenvalue weighted by Gasteiger charge is -2.21. The highest BCUT2D eigenvalue weighted by molar-refractivity contribution is 7.16. The lowest BCUT2D eigenvalue weighted by Crippen LogP contribution is -2.34. The van der Waals surface area contributed by atoms with Crippen LogP contribution in [0.5, 0.6) is 0 Å². The Morgan fingerprint density at radius 3 is 2.56 bits per heavy atom. The van der Waals surface area contributed by atoms with E-state index in [1.807, 2.05) is 0 Å². The van der Waals surface area contributed by atoms with Crippen LogP contribution in [0.4, 0.5) is 19.3 Å². The summed E-state index contributed by atoms with van der Waals surface area (Å²) < 4.78 is 32.6. The van der Waals surface area contributed by atoms with Gasteiger partial charge in [-0.25, -0.2) is 18.4 Å². The van der Waals surface area contributed by atoms with E-state index in [1.54, 1.807) is 19.1 Å². The smallest absolute Gasteiger partial charge is 0.340 e. The van der Waals surface area contributed by atoms with Gasteiger partial charge in [-0.2, -0.15) is 0 Å². The molecule has 5 nitrogen and oxygen atoms in total. The Morgan fingerprint density at radius 2 is 2.00 bits per heavy atom. The van der Waals surface area contributed by atoms with Crippen molar-refractivity contribution in [3.05, 3.63) is 50.7 Å². The van der Waals surface area contributed by atoms with Crippen molar-refractivity contribution in [3.8, 4) is 0 Å². The maximum atomic E-state index is 13.9. The highest BCUT2D eigenvalue weighted by atomic mass is 35.5. The van der Waals surface area contributed by atoms with Crippen LogP contribution in [0.25, 0.3) is 0 Å². The highest BCUT2D eigenvalue weighted by Gasteiger charge is 2.20. The lowest BCUT2D eigenvalue weighted by molar-refractivity contribution is 0.0595. The molecule has 1 N–H and O–H groups in total. The standard InChI is InChI=1S/C16H15ClF2N2O3S/c1-3-21(8-9-4-5-14(17)25-9)16(23)20-13-6-10(15(22)24-2)11(18)7-12(13)19/h4-7H,3,8H2,1-2H3,(H,20,23). The van der Waals surface area contributed by atoms with Crippen LogP contribution >= 0.6 is 22.9 Å². The monoisotopic (exact) mass is 388 g/mol. The van der Waals surface area contributed by atoms with Gasteiger partial charge in [0.25, 0.3) is 0 Å². The van der Waals surface area contributed by atoms with Crippen molar-refractivity contribution in [1.29, 1.82) is 0 Å². The highest BCUT2D eigenvalue weighted by Crippen LogP contribution is 2.24. The fourth-order valence-electron chi connectivity index (χ4n) is 2.06. The van der Waals surface area contributed by atoms with E-state index in [2.05, 4.69) is 10.1 Å². The molecule has 0 aliphatic rings. The van der Waals surface area contributed by atoms with Crippen LogP contribution in [0.15, 0.2) is 24.3 Å². The number of nitrogens with one attached hydrogen (secondary N) is 1. The Morgan fingerprint density at radius 1 is 1.28 bits per heavy atom. The average Bonchev–Trinajstić information content (AvgIpc) is 2.99. The topological polar surface area (TPSA) is 58.6 Å². The van der Waals surface area contributed by atoms with Gasteiger partial charge in [-0.3, -0.25) is 0 Å². The van der Waals surface area contributed by atoms with Gasteiger partial charge >= 0.3 is 12.0 Å². The summed E-state index contributed by atoms with van der Waals surface area (Å²) in [6, 6.07) is 4.35. The maximum absolute atomic E-state index is 13.9. The summed E-state index contributed by atoms with van der Waals surface area (Å²) in [7, 11) is 1.08. The lowest BCUT2D eigenvalue weighted by atomic mass is 10.2. The predicted molar refractivity (Wildman–Crippen MR) is 92.1 cm³/mol. The predicted octanol–water partition coefficient (Wildman–Crippen LogP) is 4.52. The second-order valence-electron chi connectivity index (χ2n) is 4.95. The minimum Gasteiger partial charge on any atom is -0.465 e. The number of methoxy groups -OCH3 is 1. The Kier molecular flexibility index (Phi) is 6.33. The summed E-state index contributed by atoms with van der Waals surface area (Å²) in [4.78, 5) is 26.1. The number of hydrogen-bond donors (Lipinski definition) is 1. The van der Waals surface area contributed by atoms with E-state index >= 15 is 0 Å². The summed E-state index contributed by atoms with van der Waals surface area (Å²) in [5.74, 6) is -3.02. The van der Waals surface area contributed by atoms with E-state index in [4.69, 9.17) is 11.6 Å². The number of thiophene rings is 1. The number of carbonyl (C=O) groups is 2. The van der Waals surface area contributed by atoms with Crippen molar-refractivity contribution >= 4 is 40.6 Å². The molecule has 9 heteroatoms. The molecule has 1 heterocycles. The number of esters is 1. The van der Waals surface area contributed by atoms with E-state index in [0.29, 0.717) is 16.9 Å². The van der Waals surface area contributed by atoms with Gasteiger partial charge in [0.05, 0.1) is 29.2 Å². The zero-order valence-electron chi connectivity index (χ0n) is 13.4. The number of nitrogens with zero attached hydrogens (tertiary/aromatic N) is 1. The first-order valence-corrected chi connectivity index (χ1v) is 8.42. The van der Waals surface area contributed by atoms with Gasteiger partial charge in [0, 0.05) is 17.5 Å². The van der Waals surface area contributed by atoms with E-state index in [9.17, 15) is 18.4 Å². The van der Waals surface area contributed by atoms with Crippen LogP contribution in [0, 0.1) is 11.6 Å². The van der Waals surface area contributed by atoms with E-state index in [-0.39, 0.29) is 12.2 Å². The molecule has 25 heavy (non-hydrogen) atoms. The second kappa shape index (κ2) is 8.26. The SMILES string of the molecule is CCN(Cc1ccc(Cl)s1)C(=O)Nc1cc(C(=O)OC)c(F)cc1F. The number of amides is 2. The van der Waals surface area contributed by atoms with Gasteiger partial charge in [-0.1, -0.05) is 11.6 Å². The molecule has 134 valence electrons. The van der Waals surface area contributed by atoms with E-state index in [0.717, 1.165) is 18.1 Å². The van der Waals surface area contributed by atoms with Gasteiger partial charge in [0.15, 0.2) is 0 Å². The summed E-state index contributed by atoms with van der Waals surface area (Å²) in [6.45, 7) is 2.40. The van der Waals surface area contributed by atoms with Crippen LogP contribution in [0.2, 0.25) is 4.34 Å². The summed E-state index contributed by atoms with van der Waals surface area (Å²) >= 11 is 7.19. The second-order valence-corrected chi connectivity index (χ2v) is 6.75. The molecule has 0 atom stereocenters. The summed E-state index contributed by atoms with van der Waals surface area (Å²) in [6.07, 6.45) is 0. The van der Waals surface area contributed by atoms with Crippen LogP contribution in [-0.2, 0) is 11.3 Å². The Labute approximate surface area is 152 Å². The number of ether oxygens (including phenoxy) is 1. The number of anilines is 1. The first kappa shape index (κ1) is 19.1. The zero-order valence-corrected chi connectivity index (χ0v) is 15.0. The number of urea groups is 1. The van der Waals surface area contributed by atoms with Gasteiger partial charge in [-0.15, -0.1) is 11.3 Å². The molecule has 0 fully saturated rings. The average molecular weight is 389 g/mol.